The molecule has 1 aromatic heterocycles. The maximum absolute atomic E-state index is 12.8. The van der Waals surface area contributed by atoms with Crippen LogP contribution >= 0.6 is 27.3 Å². The molecule has 0 N–H and O–H groups in total. The van der Waals surface area contributed by atoms with Crippen molar-refractivity contribution in [3.05, 3.63) is 87.6 Å². The number of carbonyl (C=O) groups is 1. The first-order chi connectivity index (χ1) is 15.5. The fraction of sp³-hybridized carbons (Fsp3) is 0.120. The number of carbonyl (C=O) groups excluding carboxylic acids is 1. The highest BCUT2D eigenvalue weighted by molar-refractivity contribution is 9.10. The van der Waals surface area contributed by atoms with Crippen molar-refractivity contribution >= 4 is 33.2 Å². The highest BCUT2D eigenvalue weighted by Gasteiger charge is 2.16. The van der Waals surface area contributed by atoms with E-state index in [1.807, 2.05) is 72.3 Å². The number of amides is 1. The van der Waals surface area contributed by atoms with Crippen molar-refractivity contribution in [2.24, 2.45) is 12.0 Å². The Morgan fingerprint density at radius 2 is 1.38 bits per heavy atom. The minimum absolute atomic E-state index is 0.281. The molecule has 1 heterocycles. The minimum Gasteiger partial charge on any atom is -0.497 e. The summed E-state index contributed by atoms with van der Waals surface area (Å²) >= 11 is 4.87. The van der Waals surface area contributed by atoms with Crippen molar-refractivity contribution in [1.82, 2.24) is 4.57 Å². The number of aromatic nitrogens is 1. The van der Waals surface area contributed by atoms with Crippen LogP contribution in [0.3, 0.4) is 0 Å². The number of halogens is 1. The molecule has 3 aromatic carbocycles. The smallest absolute Gasteiger partial charge is 0.279 e. The van der Waals surface area contributed by atoms with Gasteiger partial charge in [-0.3, -0.25) is 4.79 Å². The summed E-state index contributed by atoms with van der Waals surface area (Å²) in [5, 5.41) is 0. The molecule has 4 rings (SSSR count). The van der Waals surface area contributed by atoms with Crippen molar-refractivity contribution in [3.63, 3.8) is 0 Å². The average Bonchev–Trinajstić information content (AvgIpc) is 3.15. The van der Waals surface area contributed by atoms with Crippen LogP contribution in [0.15, 0.2) is 82.3 Å². The third-order valence-electron chi connectivity index (χ3n) is 5.03. The Kier molecular flexibility index (Phi) is 6.58. The molecule has 0 radical (unpaired) electrons. The van der Waals surface area contributed by atoms with Gasteiger partial charge in [0.1, 0.15) is 11.5 Å². The van der Waals surface area contributed by atoms with Gasteiger partial charge in [0.25, 0.3) is 5.91 Å². The van der Waals surface area contributed by atoms with Gasteiger partial charge < -0.3 is 14.0 Å². The van der Waals surface area contributed by atoms with Crippen molar-refractivity contribution in [3.8, 4) is 33.2 Å². The van der Waals surface area contributed by atoms with Gasteiger partial charge in [-0.1, -0.05) is 27.3 Å². The van der Waals surface area contributed by atoms with E-state index in [1.54, 1.807) is 26.4 Å². The first kappa shape index (κ1) is 22.0. The highest BCUT2D eigenvalue weighted by atomic mass is 79.9. The molecular formula is C25H21BrN2O3S. The predicted octanol–water partition coefficient (Wildman–Crippen LogP) is 5.94. The molecule has 0 saturated heterocycles. The summed E-state index contributed by atoms with van der Waals surface area (Å²) in [7, 11) is 5.22. The number of benzene rings is 3. The lowest BCUT2D eigenvalue weighted by molar-refractivity contribution is 0.0998. The van der Waals surface area contributed by atoms with Gasteiger partial charge >= 0.3 is 0 Å². The lowest BCUT2D eigenvalue weighted by Crippen LogP contribution is -2.14. The monoisotopic (exact) mass is 508 g/mol. The largest absolute Gasteiger partial charge is 0.497 e. The standard InChI is InChI=1S/C25H21BrN2O3S/c1-28-22(16-6-12-20(30-2)13-7-16)23(17-8-14-21(31-3)15-9-17)32-25(28)27-24(29)18-4-10-19(26)11-5-18/h4-15H,1-3H3. The second-order valence-corrected chi connectivity index (χ2v) is 8.90. The summed E-state index contributed by atoms with van der Waals surface area (Å²) in [5.74, 6) is 1.29. The molecule has 0 spiro atoms. The van der Waals surface area contributed by atoms with E-state index in [-0.39, 0.29) is 5.91 Å². The molecule has 0 saturated carbocycles. The highest BCUT2D eigenvalue weighted by Crippen LogP contribution is 2.35. The molecule has 0 bridgehead atoms. The Hall–Kier alpha value is -3.16. The first-order valence-corrected chi connectivity index (χ1v) is 11.4. The summed E-state index contributed by atoms with van der Waals surface area (Å²) in [6.45, 7) is 0. The van der Waals surface area contributed by atoms with Crippen LogP contribution in [-0.2, 0) is 7.05 Å². The minimum atomic E-state index is -0.281. The van der Waals surface area contributed by atoms with E-state index in [0.717, 1.165) is 37.7 Å². The summed E-state index contributed by atoms with van der Waals surface area (Å²) < 4.78 is 13.5. The van der Waals surface area contributed by atoms with Crippen LogP contribution in [0.4, 0.5) is 0 Å². The normalized spacial score (nSPS) is 11.4. The first-order valence-electron chi connectivity index (χ1n) is 9.83. The number of hydrogen-bond donors (Lipinski definition) is 0. The lowest BCUT2D eigenvalue weighted by Gasteiger charge is -2.09. The molecule has 5 nitrogen and oxygen atoms in total. The summed E-state index contributed by atoms with van der Waals surface area (Å²) in [5.41, 5.74) is 3.55. The van der Waals surface area contributed by atoms with Gasteiger partial charge in [0.15, 0.2) is 4.80 Å². The van der Waals surface area contributed by atoms with Crippen LogP contribution in [0.2, 0.25) is 0 Å². The van der Waals surface area contributed by atoms with Crippen molar-refractivity contribution in [2.75, 3.05) is 14.2 Å². The molecule has 0 atom stereocenters. The number of methoxy groups -OCH3 is 2. The molecule has 4 aromatic rings. The molecule has 0 aliphatic carbocycles. The van der Waals surface area contributed by atoms with Crippen LogP contribution < -0.4 is 14.3 Å². The van der Waals surface area contributed by atoms with Crippen molar-refractivity contribution < 1.29 is 14.3 Å². The van der Waals surface area contributed by atoms with Crippen LogP contribution in [0.1, 0.15) is 10.4 Å². The van der Waals surface area contributed by atoms with Crippen molar-refractivity contribution in [2.45, 2.75) is 0 Å². The van der Waals surface area contributed by atoms with E-state index in [1.165, 1.54) is 11.3 Å². The Morgan fingerprint density at radius 3 is 1.91 bits per heavy atom. The second-order valence-electron chi connectivity index (χ2n) is 7.00. The number of hydrogen-bond acceptors (Lipinski definition) is 4. The van der Waals surface area contributed by atoms with E-state index in [0.29, 0.717) is 10.4 Å². The van der Waals surface area contributed by atoms with E-state index in [2.05, 4.69) is 20.9 Å². The van der Waals surface area contributed by atoms with Crippen molar-refractivity contribution in [1.29, 1.82) is 0 Å². The summed E-state index contributed by atoms with van der Waals surface area (Å²) in [4.78, 5) is 18.9. The fourth-order valence-electron chi connectivity index (χ4n) is 3.31. The molecule has 0 fully saturated rings. The van der Waals surface area contributed by atoms with E-state index >= 15 is 0 Å². The fourth-order valence-corrected chi connectivity index (χ4v) is 4.72. The Morgan fingerprint density at radius 1 is 0.844 bits per heavy atom. The average molecular weight is 509 g/mol. The molecule has 32 heavy (non-hydrogen) atoms. The molecule has 1 amide bonds. The Balaban J connectivity index is 1.87. The number of rotatable bonds is 5. The molecule has 0 aliphatic heterocycles. The van der Waals surface area contributed by atoms with E-state index in [9.17, 15) is 4.79 Å². The third-order valence-corrected chi connectivity index (χ3v) is 6.74. The van der Waals surface area contributed by atoms with E-state index in [4.69, 9.17) is 9.47 Å². The maximum Gasteiger partial charge on any atom is 0.279 e. The Bertz CT molecular complexity index is 1310. The lowest BCUT2D eigenvalue weighted by atomic mass is 10.1. The van der Waals surface area contributed by atoms with Crippen LogP contribution in [0.25, 0.3) is 21.7 Å². The molecular weight excluding hydrogens is 488 g/mol. The van der Waals surface area contributed by atoms with E-state index < -0.39 is 0 Å². The summed E-state index contributed by atoms with van der Waals surface area (Å²) in [6.07, 6.45) is 0. The van der Waals surface area contributed by atoms with Crippen LogP contribution in [0, 0.1) is 0 Å². The number of ether oxygens (including phenoxy) is 2. The Labute approximate surface area is 198 Å². The zero-order valence-corrected chi connectivity index (χ0v) is 20.2. The van der Waals surface area contributed by atoms with Gasteiger partial charge in [0.05, 0.1) is 24.8 Å². The molecule has 7 heteroatoms. The van der Waals surface area contributed by atoms with Gasteiger partial charge in [-0.05, 0) is 83.9 Å². The number of thiazole rings is 1. The summed E-state index contributed by atoms with van der Waals surface area (Å²) in [6, 6.07) is 22.9. The predicted molar refractivity (Wildman–Crippen MR) is 131 cm³/mol. The van der Waals surface area contributed by atoms with Gasteiger partial charge in [-0.15, -0.1) is 0 Å². The second kappa shape index (κ2) is 9.54. The third kappa shape index (κ3) is 4.54. The quantitative estimate of drug-likeness (QED) is 0.335. The zero-order chi connectivity index (χ0) is 22.7. The van der Waals surface area contributed by atoms with Crippen LogP contribution in [-0.4, -0.2) is 24.7 Å². The van der Waals surface area contributed by atoms with Gasteiger partial charge in [0.2, 0.25) is 0 Å². The molecule has 0 unspecified atom stereocenters. The van der Waals surface area contributed by atoms with Crippen LogP contribution in [0.5, 0.6) is 11.5 Å². The molecule has 162 valence electrons. The molecule has 0 aliphatic rings. The van der Waals surface area contributed by atoms with Gasteiger partial charge in [0, 0.05) is 17.1 Å². The van der Waals surface area contributed by atoms with Gasteiger partial charge in [-0.25, -0.2) is 0 Å². The topological polar surface area (TPSA) is 52.8 Å². The SMILES string of the molecule is COc1ccc(-c2sc(=NC(=O)c3ccc(Br)cc3)n(C)c2-c2ccc(OC)cc2)cc1. The number of nitrogens with zero attached hydrogens (tertiary/aromatic N) is 2. The zero-order valence-electron chi connectivity index (χ0n) is 17.8. The maximum atomic E-state index is 12.8. The van der Waals surface area contributed by atoms with Gasteiger partial charge in [-0.2, -0.15) is 4.99 Å².